The largest absolute Gasteiger partial charge is 0.497 e. The molecule has 0 fully saturated rings. The van der Waals surface area contributed by atoms with Gasteiger partial charge in [-0.15, -0.1) is 11.3 Å². The summed E-state index contributed by atoms with van der Waals surface area (Å²) >= 11 is 5.27. The van der Waals surface area contributed by atoms with E-state index in [0.29, 0.717) is 0 Å². The van der Waals surface area contributed by atoms with Crippen molar-refractivity contribution in [1.82, 2.24) is 0 Å². The van der Waals surface area contributed by atoms with Gasteiger partial charge in [0, 0.05) is 14.2 Å². The number of methoxy groups -OCH3 is 1. The van der Waals surface area contributed by atoms with E-state index in [1.54, 1.807) is 18.4 Å². The van der Waals surface area contributed by atoms with E-state index in [0.717, 1.165) is 15.8 Å². The van der Waals surface area contributed by atoms with Gasteiger partial charge < -0.3 is 10.5 Å². The van der Waals surface area contributed by atoms with Crippen LogP contribution in [0.4, 0.5) is 0 Å². The highest BCUT2D eigenvalue weighted by atomic mass is 79.9. The van der Waals surface area contributed by atoms with Crippen LogP contribution < -0.4 is 10.5 Å². The van der Waals surface area contributed by atoms with Gasteiger partial charge in [0.05, 0.1) is 13.2 Å². The third-order valence-electron chi connectivity index (χ3n) is 2.61. The van der Waals surface area contributed by atoms with Crippen LogP contribution in [0.3, 0.4) is 0 Å². The average Bonchev–Trinajstić information content (AvgIpc) is 2.75. The maximum atomic E-state index is 6.26. The standard InChI is InChI=1S/C13H14BrNOS/c1-8-3-6-12(17-8)13(15)10-5-4-9(16-2)7-11(10)14/h3-7,13H,15H2,1-2H3. The first-order valence-corrected chi connectivity index (χ1v) is 6.88. The van der Waals surface area contributed by atoms with Gasteiger partial charge in [0.2, 0.25) is 0 Å². The summed E-state index contributed by atoms with van der Waals surface area (Å²) in [7, 11) is 1.66. The monoisotopic (exact) mass is 311 g/mol. The lowest BCUT2D eigenvalue weighted by Crippen LogP contribution is -2.10. The zero-order chi connectivity index (χ0) is 12.4. The highest BCUT2D eigenvalue weighted by Crippen LogP contribution is 2.32. The molecule has 2 N–H and O–H groups in total. The maximum Gasteiger partial charge on any atom is 0.120 e. The maximum absolute atomic E-state index is 6.26. The Hall–Kier alpha value is -0.840. The van der Waals surface area contributed by atoms with E-state index in [-0.39, 0.29) is 6.04 Å². The minimum absolute atomic E-state index is 0.0889. The minimum Gasteiger partial charge on any atom is -0.497 e. The lowest BCUT2D eigenvalue weighted by Gasteiger charge is -2.13. The smallest absolute Gasteiger partial charge is 0.120 e. The van der Waals surface area contributed by atoms with Crippen LogP contribution in [-0.4, -0.2) is 7.11 Å². The number of halogens is 1. The molecule has 1 aromatic heterocycles. The Morgan fingerprint density at radius 3 is 2.59 bits per heavy atom. The molecule has 0 spiro atoms. The highest BCUT2D eigenvalue weighted by molar-refractivity contribution is 9.10. The van der Waals surface area contributed by atoms with Gasteiger partial charge in [-0.25, -0.2) is 0 Å². The van der Waals surface area contributed by atoms with E-state index in [9.17, 15) is 0 Å². The molecule has 0 saturated carbocycles. The highest BCUT2D eigenvalue weighted by Gasteiger charge is 2.14. The molecule has 2 aromatic rings. The van der Waals surface area contributed by atoms with Gasteiger partial charge in [0.1, 0.15) is 5.75 Å². The summed E-state index contributed by atoms with van der Waals surface area (Å²) in [6.07, 6.45) is 0. The Labute approximate surface area is 114 Å². The number of aryl methyl sites for hydroxylation is 1. The predicted octanol–water partition coefficient (Wildman–Crippen LogP) is 3.88. The molecule has 0 aliphatic rings. The third-order valence-corrected chi connectivity index (χ3v) is 4.38. The molecule has 90 valence electrons. The van der Waals surface area contributed by atoms with Crippen molar-refractivity contribution in [3.8, 4) is 5.75 Å². The summed E-state index contributed by atoms with van der Waals surface area (Å²) in [5, 5.41) is 0. The molecule has 0 aliphatic heterocycles. The number of ether oxygens (including phenoxy) is 1. The Bertz CT molecular complexity index is 524. The van der Waals surface area contributed by atoms with E-state index in [1.165, 1.54) is 9.75 Å². The molecular formula is C13H14BrNOS. The van der Waals surface area contributed by atoms with Crippen molar-refractivity contribution in [2.45, 2.75) is 13.0 Å². The van der Waals surface area contributed by atoms with E-state index in [2.05, 4.69) is 35.0 Å². The Morgan fingerprint density at radius 1 is 1.29 bits per heavy atom. The number of thiophene rings is 1. The Balaban J connectivity index is 2.34. The molecule has 0 amide bonds. The summed E-state index contributed by atoms with van der Waals surface area (Å²) in [5.41, 5.74) is 7.34. The van der Waals surface area contributed by atoms with Crippen LogP contribution in [0.2, 0.25) is 0 Å². The lowest BCUT2D eigenvalue weighted by molar-refractivity contribution is 0.414. The van der Waals surface area contributed by atoms with Crippen molar-refractivity contribution in [3.05, 3.63) is 50.1 Å². The summed E-state index contributed by atoms with van der Waals surface area (Å²) in [6.45, 7) is 2.09. The van der Waals surface area contributed by atoms with Gasteiger partial charge in [0.15, 0.2) is 0 Å². The lowest BCUT2D eigenvalue weighted by atomic mass is 10.1. The second-order valence-electron chi connectivity index (χ2n) is 3.81. The fourth-order valence-corrected chi connectivity index (χ4v) is 3.16. The molecule has 0 radical (unpaired) electrons. The van der Waals surface area contributed by atoms with Crippen molar-refractivity contribution < 1.29 is 4.74 Å². The van der Waals surface area contributed by atoms with Crippen molar-refractivity contribution in [2.24, 2.45) is 5.73 Å². The van der Waals surface area contributed by atoms with E-state index < -0.39 is 0 Å². The molecule has 2 nitrogen and oxygen atoms in total. The van der Waals surface area contributed by atoms with E-state index in [4.69, 9.17) is 10.5 Å². The quantitative estimate of drug-likeness (QED) is 0.933. The molecule has 0 saturated heterocycles. The van der Waals surface area contributed by atoms with Gasteiger partial charge in [-0.3, -0.25) is 0 Å². The Kier molecular flexibility index (Phi) is 3.86. The molecule has 1 unspecified atom stereocenters. The first-order chi connectivity index (χ1) is 8.11. The van der Waals surface area contributed by atoms with Gasteiger partial charge >= 0.3 is 0 Å². The first kappa shape index (κ1) is 12.6. The average molecular weight is 312 g/mol. The van der Waals surface area contributed by atoms with Crippen LogP contribution in [-0.2, 0) is 0 Å². The van der Waals surface area contributed by atoms with Crippen molar-refractivity contribution in [2.75, 3.05) is 7.11 Å². The van der Waals surface area contributed by atoms with Gasteiger partial charge in [-0.2, -0.15) is 0 Å². The molecule has 1 heterocycles. The fourth-order valence-electron chi connectivity index (χ4n) is 1.66. The Morgan fingerprint density at radius 2 is 2.06 bits per heavy atom. The van der Waals surface area contributed by atoms with Gasteiger partial charge in [0.25, 0.3) is 0 Å². The summed E-state index contributed by atoms with van der Waals surface area (Å²) in [4.78, 5) is 2.45. The second kappa shape index (κ2) is 5.21. The number of rotatable bonds is 3. The van der Waals surface area contributed by atoms with Gasteiger partial charge in [-0.1, -0.05) is 22.0 Å². The normalized spacial score (nSPS) is 12.5. The summed E-state index contributed by atoms with van der Waals surface area (Å²) in [6, 6.07) is 9.96. The molecule has 4 heteroatoms. The SMILES string of the molecule is COc1ccc(C(N)c2ccc(C)s2)c(Br)c1. The van der Waals surface area contributed by atoms with Crippen molar-refractivity contribution in [1.29, 1.82) is 0 Å². The minimum atomic E-state index is -0.0889. The number of hydrogen-bond acceptors (Lipinski definition) is 3. The third kappa shape index (κ3) is 2.70. The van der Waals surface area contributed by atoms with E-state index in [1.807, 2.05) is 18.2 Å². The van der Waals surface area contributed by atoms with Crippen LogP contribution in [0, 0.1) is 6.92 Å². The second-order valence-corrected chi connectivity index (χ2v) is 5.99. The van der Waals surface area contributed by atoms with E-state index >= 15 is 0 Å². The van der Waals surface area contributed by atoms with Crippen LogP contribution in [0.5, 0.6) is 5.75 Å². The molecule has 17 heavy (non-hydrogen) atoms. The number of hydrogen-bond donors (Lipinski definition) is 1. The van der Waals surface area contributed by atoms with Crippen LogP contribution in [0.1, 0.15) is 21.4 Å². The zero-order valence-corrected chi connectivity index (χ0v) is 12.1. The van der Waals surface area contributed by atoms with Crippen LogP contribution >= 0.6 is 27.3 Å². The fraction of sp³-hybridized carbons (Fsp3) is 0.231. The summed E-state index contributed by atoms with van der Waals surface area (Å²) in [5.74, 6) is 0.829. The number of benzene rings is 1. The molecular weight excluding hydrogens is 298 g/mol. The zero-order valence-electron chi connectivity index (χ0n) is 9.74. The first-order valence-electron chi connectivity index (χ1n) is 5.27. The van der Waals surface area contributed by atoms with Gasteiger partial charge in [-0.05, 0) is 36.8 Å². The molecule has 1 atom stereocenters. The molecule has 0 bridgehead atoms. The summed E-state index contributed by atoms with van der Waals surface area (Å²) < 4.78 is 6.15. The van der Waals surface area contributed by atoms with Crippen LogP contribution in [0.25, 0.3) is 0 Å². The molecule has 2 rings (SSSR count). The number of nitrogens with two attached hydrogens (primary N) is 1. The molecule has 0 aliphatic carbocycles. The van der Waals surface area contributed by atoms with Crippen LogP contribution in [0.15, 0.2) is 34.8 Å². The topological polar surface area (TPSA) is 35.2 Å². The van der Waals surface area contributed by atoms with Crippen molar-refractivity contribution >= 4 is 27.3 Å². The molecule has 1 aromatic carbocycles. The van der Waals surface area contributed by atoms with Crippen molar-refractivity contribution in [3.63, 3.8) is 0 Å². The predicted molar refractivity (Wildman–Crippen MR) is 75.8 cm³/mol.